The molecule has 1 amide bonds. The normalized spacial score (nSPS) is 11.1. The summed E-state index contributed by atoms with van der Waals surface area (Å²) in [4.78, 5) is 21.0. The molecular formula is C22H20FN3O3S2. The van der Waals surface area contributed by atoms with E-state index in [2.05, 4.69) is 15.3 Å². The molecule has 0 atom stereocenters. The zero-order chi connectivity index (χ0) is 21.8. The van der Waals surface area contributed by atoms with Crippen LogP contribution in [-0.2, 0) is 11.3 Å². The molecule has 0 aliphatic carbocycles. The second kappa shape index (κ2) is 9.49. The van der Waals surface area contributed by atoms with Gasteiger partial charge in [-0.15, -0.1) is 11.3 Å². The number of aromatic nitrogens is 2. The lowest BCUT2D eigenvalue weighted by Crippen LogP contribution is -2.24. The Balaban J connectivity index is 1.42. The first-order chi connectivity index (χ1) is 15.1. The fourth-order valence-corrected chi connectivity index (χ4v) is 5.22. The highest BCUT2D eigenvalue weighted by atomic mass is 32.2. The van der Waals surface area contributed by atoms with Crippen molar-refractivity contribution in [3.05, 3.63) is 54.1 Å². The average Bonchev–Trinajstić information content (AvgIpc) is 3.17. The van der Waals surface area contributed by atoms with Crippen molar-refractivity contribution in [2.45, 2.75) is 18.5 Å². The number of thioether (sulfide) groups is 1. The minimum absolute atomic E-state index is 0.127. The molecule has 0 aliphatic heterocycles. The fourth-order valence-electron chi connectivity index (χ4n) is 3.14. The van der Waals surface area contributed by atoms with Crippen LogP contribution in [-0.4, -0.2) is 35.3 Å². The number of carbonyl (C=O) groups is 1. The molecule has 0 radical (unpaired) electrons. The summed E-state index contributed by atoms with van der Waals surface area (Å²) < 4.78 is 26.7. The Labute approximate surface area is 186 Å². The quantitative estimate of drug-likeness (QED) is 0.303. The molecule has 0 fully saturated rings. The van der Waals surface area contributed by atoms with Gasteiger partial charge in [0.25, 0.3) is 0 Å². The van der Waals surface area contributed by atoms with Crippen LogP contribution in [0.1, 0.15) is 12.5 Å². The third-order valence-corrected chi connectivity index (χ3v) is 6.82. The van der Waals surface area contributed by atoms with Crippen LogP contribution in [0.3, 0.4) is 0 Å². The number of benzene rings is 2. The average molecular weight is 458 g/mol. The number of nitrogens with zero attached hydrogens (tertiary/aromatic N) is 2. The van der Waals surface area contributed by atoms with Gasteiger partial charge in [-0.2, -0.15) is 0 Å². The van der Waals surface area contributed by atoms with E-state index in [-0.39, 0.29) is 17.5 Å². The Morgan fingerprint density at radius 3 is 2.90 bits per heavy atom. The molecule has 0 saturated carbocycles. The van der Waals surface area contributed by atoms with Gasteiger partial charge in [0.05, 0.1) is 35.1 Å². The molecule has 31 heavy (non-hydrogen) atoms. The summed E-state index contributed by atoms with van der Waals surface area (Å²) in [5, 5.41) is 4.07. The molecule has 4 aromatic rings. The number of ether oxygens (including phenoxy) is 2. The molecule has 0 unspecified atom stereocenters. The molecule has 2 heterocycles. The van der Waals surface area contributed by atoms with Gasteiger partial charge in [0.1, 0.15) is 17.2 Å². The maximum absolute atomic E-state index is 14.2. The summed E-state index contributed by atoms with van der Waals surface area (Å²) in [6, 6.07) is 10.5. The first kappa shape index (κ1) is 21.3. The van der Waals surface area contributed by atoms with E-state index < -0.39 is 0 Å². The Bertz CT molecular complexity index is 1250. The molecule has 1 N–H and O–H groups in total. The number of nitrogens with one attached hydrogen (secondary N) is 1. The monoisotopic (exact) mass is 457 g/mol. The minimum atomic E-state index is -0.304. The van der Waals surface area contributed by atoms with E-state index in [9.17, 15) is 9.18 Å². The number of amides is 1. The Kier molecular flexibility index (Phi) is 6.53. The fraction of sp³-hybridized carbons (Fsp3) is 0.227. The summed E-state index contributed by atoms with van der Waals surface area (Å²) in [5.74, 6) is 1.06. The van der Waals surface area contributed by atoms with Crippen molar-refractivity contribution in [3.8, 4) is 11.5 Å². The predicted molar refractivity (Wildman–Crippen MR) is 122 cm³/mol. The van der Waals surface area contributed by atoms with Gasteiger partial charge in [0.2, 0.25) is 5.91 Å². The van der Waals surface area contributed by atoms with Crippen LogP contribution in [0, 0.1) is 5.82 Å². The van der Waals surface area contributed by atoms with Crippen molar-refractivity contribution < 1.29 is 18.7 Å². The van der Waals surface area contributed by atoms with E-state index in [0.717, 1.165) is 15.0 Å². The Morgan fingerprint density at radius 1 is 1.23 bits per heavy atom. The van der Waals surface area contributed by atoms with Crippen LogP contribution in [0.5, 0.6) is 11.5 Å². The van der Waals surface area contributed by atoms with E-state index in [4.69, 9.17) is 9.47 Å². The van der Waals surface area contributed by atoms with Gasteiger partial charge in [-0.25, -0.2) is 14.4 Å². The predicted octanol–water partition coefficient (Wildman–Crippen LogP) is 4.80. The lowest BCUT2D eigenvalue weighted by atomic mass is 10.2. The van der Waals surface area contributed by atoms with E-state index >= 15 is 0 Å². The van der Waals surface area contributed by atoms with Gasteiger partial charge in [-0.3, -0.25) is 4.79 Å². The topological polar surface area (TPSA) is 73.3 Å². The van der Waals surface area contributed by atoms with E-state index in [1.54, 1.807) is 13.2 Å². The van der Waals surface area contributed by atoms with E-state index in [1.165, 1.54) is 35.5 Å². The number of halogens is 1. The smallest absolute Gasteiger partial charge is 0.230 e. The van der Waals surface area contributed by atoms with Crippen LogP contribution >= 0.6 is 23.1 Å². The van der Waals surface area contributed by atoms with Crippen molar-refractivity contribution in [1.29, 1.82) is 0 Å². The molecule has 160 valence electrons. The van der Waals surface area contributed by atoms with Crippen molar-refractivity contribution in [2.24, 2.45) is 0 Å². The summed E-state index contributed by atoms with van der Waals surface area (Å²) in [5.41, 5.74) is 1.49. The maximum atomic E-state index is 14.2. The van der Waals surface area contributed by atoms with Crippen LogP contribution < -0.4 is 14.8 Å². The summed E-state index contributed by atoms with van der Waals surface area (Å²) in [7, 11) is 1.59. The Morgan fingerprint density at radius 2 is 2.10 bits per heavy atom. The molecule has 9 heteroatoms. The second-order valence-electron chi connectivity index (χ2n) is 6.56. The zero-order valence-electron chi connectivity index (χ0n) is 17.0. The standard InChI is InChI=1S/C22H20FN3O3S2/c1-3-29-16-9-13(7-8-15(16)28-2)10-24-18(27)11-30-22-21-20(25-12-26-22)19-14(23)5-4-6-17(19)31-21/h4-9,12H,3,10-11H2,1-2H3,(H,24,27). The molecule has 0 spiro atoms. The first-order valence-electron chi connectivity index (χ1n) is 9.61. The second-order valence-corrected chi connectivity index (χ2v) is 8.57. The molecule has 0 aliphatic rings. The van der Waals surface area contributed by atoms with Gasteiger partial charge >= 0.3 is 0 Å². The van der Waals surface area contributed by atoms with Crippen molar-refractivity contribution in [3.63, 3.8) is 0 Å². The van der Waals surface area contributed by atoms with Gasteiger partial charge < -0.3 is 14.8 Å². The molecule has 2 aromatic carbocycles. The highest BCUT2D eigenvalue weighted by Crippen LogP contribution is 2.38. The number of fused-ring (bicyclic) bond motifs is 3. The van der Waals surface area contributed by atoms with Crippen LogP contribution in [0.4, 0.5) is 4.39 Å². The molecule has 0 saturated heterocycles. The lowest BCUT2D eigenvalue weighted by Gasteiger charge is -2.11. The number of carbonyl (C=O) groups excluding carboxylic acids is 1. The van der Waals surface area contributed by atoms with Crippen LogP contribution in [0.2, 0.25) is 0 Å². The van der Waals surface area contributed by atoms with Crippen LogP contribution in [0.25, 0.3) is 20.3 Å². The maximum Gasteiger partial charge on any atom is 0.230 e. The highest BCUT2D eigenvalue weighted by Gasteiger charge is 2.15. The van der Waals surface area contributed by atoms with E-state index in [1.807, 2.05) is 31.2 Å². The Hall–Kier alpha value is -2.91. The molecule has 0 bridgehead atoms. The lowest BCUT2D eigenvalue weighted by molar-refractivity contribution is -0.118. The molecular weight excluding hydrogens is 437 g/mol. The van der Waals surface area contributed by atoms with Gasteiger partial charge in [-0.1, -0.05) is 23.9 Å². The molecule has 2 aromatic heterocycles. The largest absolute Gasteiger partial charge is 0.493 e. The summed E-state index contributed by atoms with van der Waals surface area (Å²) >= 11 is 2.74. The molecule has 4 rings (SSSR count). The SMILES string of the molecule is CCOc1cc(CNC(=O)CSc2ncnc3c2sc2cccc(F)c23)ccc1OC. The number of rotatable bonds is 8. The van der Waals surface area contributed by atoms with Gasteiger partial charge in [0, 0.05) is 11.2 Å². The summed E-state index contributed by atoms with van der Waals surface area (Å²) in [6.45, 7) is 2.80. The van der Waals surface area contributed by atoms with Crippen LogP contribution in [0.15, 0.2) is 47.8 Å². The summed E-state index contributed by atoms with van der Waals surface area (Å²) in [6.07, 6.45) is 1.41. The van der Waals surface area contributed by atoms with Gasteiger partial charge in [0.15, 0.2) is 11.5 Å². The third-order valence-electron chi connectivity index (χ3n) is 4.55. The first-order valence-corrected chi connectivity index (χ1v) is 11.4. The van der Waals surface area contributed by atoms with Gasteiger partial charge in [-0.05, 0) is 36.8 Å². The zero-order valence-corrected chi connectivity index (χ0v) is 18.6. The number of methoxy groups -OCH3 is 1. The minimum Gasteiger partial charge on any atom is -0.493 e. The van der Waals surface area contributed by atoms with Crippen molar-refractivity contribution in [1.82, 2.24) is 15.3 Å². The van der Waals surface area contributed by atoms with Crippen molar-refractivity contribution >= 4 is 49.3 Å². The number of hydrogen-bond donors (Lipinski definition) is 1. The van der Waals surface area contributed by atoms with Crippen molar-refractivity contribution in [2.75, 3.05) is 19.5 Å². The van der Waals surface area contributed by atoms with E-state index in [0.29, 0.717) is 40.6 Å². The number of thiophene rings is 1. The number of hydrogen-bond acceptors (Lipinski definition) is 7. The molecule has 6 nitrogen and oxygen atoms in total. The highest BCUT2D eigenvalue weighted by molar-refractivity contribution is 8.00. The third kappa shape index (κ3) is 4.57.